The first kappa shape index (κ1) is 21.0. The molecule has 0 aromatic heterocycles. The molecule has 2 aromatic rings. The Labute approximate surface area is 172 Å². The second-order valence-corrected chi connectivity index (χ2v) is 7.60. The third-order valence-corrected chi connectivity index (χ3v) is 5.51. The first-order chi connectivity index (χ1) is 14.0. The maximum absolute atomic E-state index is 13.2. The van der Waals surface area contributed by atoms with Crippen LogP contribution in [0.2, 0.25) is 0 Å². The number of hydrogen-bond donors (Lipinski definition) is 2. The highest BCUT2D eigenvalue weighted by molar-refractivity contribution is 5.95. The van der Waals surface area contributed by atoms with Crippen LogP contribution in [0.5, 0.6) is 0 Å². The number of likely N-dealkylation sites (tertiary alicyclic amines) is 1. The van der Waals surface area contributed by atoms with Crippen LogP contribution in [0.25, 0.3) is 0 Å². The third kappa shape index (κ3) is 5.89. The first-order valence-corrected chi connectivity index (χ1v) is 10.1. The Bertz CT molecular complexity index is 798. The number of amides is 1. The Balaban J connectivity index is 1.76. The number of likely N-dealkylation sites (N-methyl/N-ethyl adjacent to an activating group) is 1. The molecule has 1 amide bonds. The molecule has 0 saturated carbocycles. The summed E-state index contributed by atoms with van der Waals surface area (Å²) >= 11 is 0. The Hall–Kier alpha value is -2.70. The summed E-state index contributed by atoms with van der Waals surface area (Å²) in [7, 11) is 1.87. The van der Waals surface area contributed by atoms with Crippen molar-refractivity contribution < 1.29 is 14.7 Å². The van der Waals surface area contributed by atoms with Crippen LogP contribution in [-0.2, 0) is 9.59 Å². The van der Waals surface area contributed by atoms with Crippen molar-refractivity contribution in [3.8, 4) is 0 Å². The summed E-state index contributed by atoms with van der Waals surface area (Å²) in [4.78, 5) is 28.4. The van der Waals surface area contributed by atoms with Crippen molar-refractivity contribution in [1.82, 2.24) is 9.80 Å². The minimum absolute atomic E-state index is 0.0419. The van der Waals surface area contributed by atoms with E-state index in [2.05, 4.69) is 10.2 Å². The van der Waals surface area contributed by atoms with E-state index in [0.29, 0.717) is 0 Å². The lowest BCUT2D eigenvalue weighted by Gasteiger charge is -2.30. The molecule has 0 bridgehead atoms. The zero-order chi connectivity index (χ0) is 20.6. The molecule has 0 radical (unpaired) electrons. The molecule has 6 heteroatoms. The predicted molar refractivity (Wildman–Crippen MR) is 114 cm³/mol. The quantitative estimate of drug-likeness (QED) is 0.753. The molecule has 1 fully saturated rings. The van der Waals surface area contributed by atoms with E-state index < -0.39 is 5.97 Å². The number of carbonyl (C=O) groups is 2. The standard InChI is InChI=1S/C23H29N3O3/c1-25(17-21(27)28)20-13-8-15-26(16-14-20)22(18-9-4-2-5-10-18)23(29)24-19-11-6-3-7-12-19/h2-7,9-12,20,22H,8,13-17H2,1H3,(H,24,29)(H,27,28). The smallest absolute Gasteiger partial charge is 0.317 e. The van der Waals surface area contributed by atoms with Crippen LogP contribution < -0.4 is 5.32 Å². The van der Waals surface area contributed by atoms with E-state index in [1.54, 1.807) is 0 Å². The van der Waals surface area contributed by atoms with Gasteiger partial charge in [-0.15, -0.1) is 0 Å². The molecule has 6 nitrogen and oxygen atoms in total. The Morgan fingerprint density at radius 2 is 1.72 bits per heavy atom. The van der Waals surface area contributed by atoms with Gasteiger partial charge in [-0.05, 0) is 50.6 Å². The van der Waals surface area contributed by atoms with Gasteiger partial charge in [0.2, 0.25) is 5.91 Å². The number of nitrogens with zero attached hydrogens (tertiary/aromatic N) is 2. The zero-order valence-electron chi connectivity index (χ0n) is 16.8. The number of anilines is 1. The average molecular weight is 396 g/mol. The highest BCUT2D eigenvalue weighted by Crippen LogP contribution is 2.27. The van der Waals surface area contributed by atoms with E-state index >= 15 is 0 Å². The van der Waals surface area contributed by atoms with Gasteiger partial charge in [0.1, 0.15) is 6.04 Å². The van der Waals surface area contributed by atoms with Gasteiger partial charge >= 0.3 is 5.97 Å². The predicted octanol–water partition coefficient (Wildman–Crippen LogP) is 3.24. The van der Waals surface area contributed by atoms with Crippen molar-refractivity contribution in [3.05, 3.63) is 66.2 Å². The van der Waals surface area contributed by atoms with Crippen LogP contribution in [0.15, 0.2) is 60.7 Å². The van der Waals surface area contributed by atoms with Crippen LogP contribution in [0.4, 0.5) is 5.69 Å². The number of aliphatic carboxylic acids is 1. The van der Waals surface area contributed by atoms with Crippen LogP contribution in [0, 0.1) is 0 Å². The van der Waals surface area contributed by atoms with Gasteiger partial charge in [0.15, 0.2) is 0 Å². The van der Waals surface area contributed by atoms with Gasteiger partial charge in [0.05, 0.1) is 6.54 Å². The molecule has 1 heterocycles. The highest BCUT2D eigenvalue weighted by Gasteiger charge is 2.30. The molecule has 1 aliphatic rings. The highest BCUT2D eigenvalue weighted by atomic mass is 16.4. The van der Waals surface area contributed by atoms with Gasteiger partial charge in [-0.1, -0.05) is 48.5 Å². The summed E-state index contributed by atoms with van der Waals surface area (Å²) in [5, 5.41) is 12.1. The number of carboxylic acids is 1. The number of carboxylic acid groups (broad SMARTS) is 1. The summed E-state index contributed by atoms with van der Waals surface area (Å²) in [6.45, 7) is 1.59. The second-order valence-electron chi connectivity index (χ2n) is 7.60. The maximum atomic E-state index is 13.2. The van der Waals surface area contributed by atoms with Gasteiger partial charge < -0.3 is 10.4 Å². The molecule has 154 valence electrons. The number of benzene rings is 2. The zero-order valence-corrected chi connectivity index (χ0v) is 16.8. The van der Waals surface area contributed by atoms with Crippen LogP contribution in [0.1, 0.15) is 30.9 Å². The van der Waals surface area contributed by atoms with Crippen molar-refractivity contribution in [2.45, 2.75) is 31.3 Å². The van der Waals surface area contributed by atoms with Crippen molar-refractivity contribution in [3.63, 3.8) is 0 Å². The van der Waals surface area contributed by atoms with Gasteiger partial charge in [-0.3, -0.25) is 19.4 Å². The third-order valence-electron chi connectivity index (χ3n) is 5.51. The van der Waals surface area contributed by atoms with Crippen molar-refractivity contribution >= 4 is 17.6 Å². The normalized spacial score (nSPS) is 18.8. The molecule has 2 aromatic carbocycles. The van der Waals surface area contributed by atoms with E-state index in [1.807, 2.05) is 72.6 Å². The largest absolute Gasteiger partial charge is 0.480 e. The molecule has 3 rings (SSSR count). The molecular formula is C23H29N3O3. The summed E-state index contributed by atoms with van der Waals surface area (Å²) in [5.74, 6) is -0.849. The lowest BCUT2D eigenvalue weighted by Crippen LogP contribution is -2.39. The minimum atomic E-state index is -0.807. The number of carbonyl (C=O) groups excluding carboxylic acids is 1. The van der Waals surface area contributed by atoms with Gasteiger partial charge in [0, 0.05) is 18.3 Å². The molecule has 2 atom stereocenters. The fourth-order valence-corrected chi connectivity index (χ4v) is 4.04. The number of para-hydroxylation sites is 1. The minimum Gasteiger partial charge on any atom is -0.480 e. The lowest BCUT2D eigenvalue weighted by atomic mass is 10.0. The maximum Gasteiger partial charge on any atom is 0.317 e. The molecule has 2 N–H and O–H groups in total. The van der Waals surface area contributed by atoms with E-state index in [1.165, 1.54) is 0 Å². The summed E-state index contributed by atoms with van der Waals surface area (Å²) < 4.78 is 0. The van der Waals surface area contributed by atoms with E-state index in [0.717, 1.165) is 43.6 Å². The van der Waals surface area contributed by atoms with Crippen molar-refractivity contribution in [2.24, 2.45) is 0 Å². The molecular weight excluding hydrogens is 366 g/mol. The Morgan fingerprint density at radius 3 is 2.38 bits per heavy atom. The molecule has 0 aliphatic carbocycles. The summed E-state index contributed by atoms with van der Waals surface area (Å²) in [6, 6.07) is 19.2. The van der Waals surface area contributed by atoms with Gasteiger partial charge in [0.25, 0.3) is 0 Å². The van der Waals surface area contributed by atoms with Crippen LogP contribution in [-0.4, -0.2) is 59.5 Å². The summed E-state index contributed by atoms with van der Waals surface area (Å²) in [6.07, 6.45) is 2.70. The molecule has 29 heavy (non-hydrogen) atoms. The molecule has 1 saturated heterocycles. The monoisotopic (exact) mass is 395 g/mol. The van der Waals surface area contributed by atoms with Gasteiger partial charge in [-0.25, -0.2) is 0 Å². The van der Waals surface area contributed by atoms with Gasteiger partial charge in [-0.2, -0.15) is 0 Å². The molecule has 2 unspecified atom stereocenters. The Morgan fingerprint density at radius 1 is 1.07 bits per heavy atom. The van der Waals surface area contributed by atoms with Crippen molar-refractivity contribution in [2.75, 3.05) is 32.0 Å². The topological polar surface area (TPSA) is 72.9 Å². The lowest BCUT2D eigenvalue weighted by molar-refractivity contribution is -0.138. The van der Waals surface area contributed by atoms with Crippen molar-refractivity contribution in [1.29, 1.82) is 0 Å². The van der Waals surface area contributed by atoms with E-state index in [4.69, 9.17) is 5.11 Å². The number of hydrogen-bond acceptors (Lipinski definition) is 4. The first-order valence-electron chi connectivity index (χ1n) is 10.1. The fourth-order valence-electron chi connectivity index (χ4n) is 4.04. The van der Waals surface area contributed by atoms with Crippen LogP contribution >= 0.6 is 0 Å². The Kier molecular flexibility index (Phi) is 7.38. The number of rotatable bonds is 7. The molecule has 1 aliphatic heterocycles. The number of nitrogens with one attached hydrogen (secondary N) is 1. The van der Waals surface area contributed by atoms with Crippen LogP contribution in [0.3, 0.4) is 0 Å². The fraction of sp³-hybridized carbons (Fsp3) is 0.391. The SMILES string of the molecule is CN(CC(=O)O)C1CCCN(C(C(=O)Nc2ccccc2)c2ccccc2)CC1. The molecule has 0 spiro atoms. The van der Waals surface area contributed by atoms with E-state index in [-0.39, 0.29) is 24.5 Å². The summed E-state index contributed by atoms with van der Waals surface area (Å²) in [5.41, 5.74) is 1.76. The average Bonchev–Trinajstić information content (AvgIpc) is 2.95. The second kappa shape index (κ2) is 10.2. The van der Waals surface area contributed by atoms with E-state index in [9.17, 15) is 9.59 Å².